The zero-order valence-corrected chi connectivity index (χ0v) is 13.2. The van der Waals surface area contributed by atoms with E-state index in [0.717, 1.165) is 33.5 Å². The Morgan fingerprint density at radius 3 is 1.76 bits per heavy atom. The van der Waals surface area contributed by atoms with Crippen molar-refractivity contribution in [2.75, 3.05) is 0 Å². The van der Waals surface area contributed by atoms with E-state index in [2.05, 4.69) is 15.0 Å². The lowest BCUT2D eigenvalue weighted by Crippen LogP contribution is -3.01. The minimum atomic E-state index is 0.00121. The molecule has 5 nitrogen and oxygen atoms in total. The van der Waals surface area contributed by atoms with Crippen molar-refractivity contribution in [1.82, 2.24) is 4.98 Å². The van der Waals surface area contributed by atoms with E-state index in [4.69, 9.17) is 0 Å². The van der Waals surface area contributed by atoms with Crippen LogP contribution in [0.4, 0.5) is 0 Å². The maximum atomic E-state index is 12.5. The van der Waals surface area contributed by atoms with Crippen molar-refractivity contribution in [3.63, 3.8) is 0 Å². The number of quaternary nitrogens is 1. The molecule has 0 unspecified atom stereocenters. The van der Waals surface area contributed by atoms with Crippen molar-refractivity contribution in [2.24, 2.45) is 9.98 Å². The third-order valence-electron chi connectivity index (χ3n) is 4.28. The van der Waals surface area contributed by atoms with Crippen LogP contribution in [-0.2, 0) is 0 Å². The molecule has 1 aromatic heterocycles. The lowest BCUT2D eigenvalue weighted by molar-refractivity contribution is -0.751. The fourth-order valence-corrected chi connectivity index (χ4v) is 3.07. The van der Waals surface area contributed by atoms with E-state index >= 15 is 0 Å². The molecule has 0 atom stereocenters. The zero-order chi connectivity index (χ0) is 16.8. The fourth-order valence-electron chi connectivity index (χ4n) is 3.07. The van der Waals surface area contributed by atoms with E-state index in [1.807, 2.05) is 72.9 Å². The molecule has 0 radical (unpaired) electrons. The molecule has 4 aliphatic rings. The summed E-state index contributed by atoms with van der Waals surface area (Å²) in [5, 5.41) is 14.5. The number of hydrogen-bond donors (Lipinski definition) is 2. The van der Waals surface area contributed by atoms with Crippen LogP contribution in [0.15, 0.2) is 93.5 Å². The third-order valence-corrected chi connectivity index (χ3v) is 4.28. The first-order valence-electron chi connectivity index (χ1n) is 8.05. The molecule has 0 aliphatic carbocycles. The van der Waals surface area contributed by atoms with Crippen molar-refractivity contribution in [3.8, 4) is 0 Å². The molecule has 8 bridgehead atoms. The number of hydrogen-bond acceptors (Lipinski definition) is 3. The predicted octanol–water partition coefficient (Wildman–Crippen LogP) is 0.543. The van der Waals surface area contributed by atoms with Crippen molar-refractivity contribution < 1.29 is 5.06 Å². The zero-order valence-electron chi connectivity index (χ0n) is 13.2. The summed E-state index contributed by atoms with van der Waals surface area (Å²) in [5.41, 5.74) is 4.55. The number of nitrogens with one attached hydrogen (secondary N) is 2. The average Bonchev–Trinajstić information content (AvgIpc) is 3.36. The molecule has 5 heteroatoms. The Labute approximate surface area is 143 Å². The van der Waals surface area contributed by atoms with Crippen LogP contribution in [-0.4, -0.2) is 16.4 Å². The summed E-state index contributed by atoms with van der Waals surface area (Å²) in [7, 11) is 0. The Kier molecular flexibility index (Phi) is 3.03. The number of H-pyrrole nitrogens is 1. The summed E-state index contributed by atoms with van der Waals surface area (Å²) < 4.78 is 0. The maximum Gasteiger partial charge on any atom is 0.138 e. The number of rotatable bonds is 0. The van der Waals surface area contributed by atoms with Gasteiger partial charge in [0.2, 0.25) is 0 Å². The molecule has 5 rings (SSSR count). The Morgan fingerprint density at radius 1 is 0.720 bits per heavy atom. The predicted molar refractivity (Wildman–Crippen MR) is 98.8 cm³/mol. The molecule has 4 aliphatic heterocycles. The Morgan fingerprint density at radius 2 is 1.24 bits per heavy atom. The first-order chi connectivity index (χ1) is 12.2. The van der Waals surface area contributed by atoms with Crippen molar-refractivity contribution >= 4 is 23.6 Å². The highest BCUT2D eigenvalue weighted by atomic mass is 16.5. The molecule has 0 aromatic carbocycles. The van der Waals surface area contributed by atoms with Gasteiger partial charge >= 0.3 is 0 Å². The summed E-state index contributed by atoms with van der Waals surface area (Å²) in [5.74, 6) is 0. The minimum absolute atomic E-state index is 0.00121. The summed E-state index contributed by atoms with van der Waals surface area (Å²) in [4.78, 5) is 12.5. The molecule has 0 fully saturated rings. The van der Waals surface area contributed by atoms with E-state index in [9.17, 15) is 5.21 Å². The van der Waals surface area contributed by atoms with Gasteiger partial charge in [-0.25, -0.2) is 9.98 Å². The van der Waals surface area contributed by atoms with Crippen LogP contribution in [0.2, 0.25) is 0 Å². The van der Waals surface area contributed by atoms with Crippen molar-refractivity contribution in [3.05, 3.63) is 99.4 Å². The van der Waals surface area contributed by atoms with Gasteiger partial charge in [-0.05, 0) is 48.6 Å². The van der Waals surface area contributed by atoms with E-state index in [-0.39, 0.29) is 5.06 Å². The molecule has 120 valence electrons. The van der Waals surface area contributed by atoms with Gasteiger partial charge in [0.15, 0.2) is 0 Å². The van der Waals surface area contributed by atoms with Gasteiger partial charge in [-0.1, -0.05) is 0 Å². The Bertz CT molecular complexity index is 1060. The van der Waals surface area contributed by atoms with Gasteiger partial charge in [0.05, 0.1) is 22.8 Å². The molecule has 5 heterocycles. The summed E-state index contributed by atoms with van der Waals surface area (Å²) >= 11 is 0. The highest BCUT2D eigenvalue weighted by Crippen LogP contribution is 2.15. The highest BCUT2D eigenvalue weighted by Gasteiger charge is 2.17. The van der Waals surface area contributed by atoms with Gasteiger partial charge in [-0.15, -0.1) is 0 Å². The van der Waals surface area contributed by atoms with E-state index in [1.54, 1.807) is 0 Å². The van der Waals surface area contributed by atoms with E-state index < -0.39 is 0 Å². The first kappa shape index (κ1) is 14.1. The minimum Gasteiger partial charge on any atom is -0.623 e. The molecule has 0 saturated heterocycles. The molecule has 25 heavy (non-hydrogen) atoms. The first-order valence-corrected chi connectivity index (χ1v) is 8.05. The highest BCUT2D eigenvalue weighted by molar-refractivity contribution is 6.20. The van der Waals surface area contributed by atoms with Gasteiger partial charge < -0.3 is 15.3 Å². The number of aromatic amines is 1. The van der Waals surface area contributed by atoms with Crippen LogP contribution in [0.1, 0.15) is 0 Å². The molecule has 0 spiro atoms. The van der Waals surface area contributed by atoms with Crippen molar-refractivity contribution in [2.45, 2.75) is 0 Å². The summed E-state index contributed by atoms with van der Waals surface area (Å²) in [6.45, 7) is 0. The molecular weight excluding hydrogens is 312 g/mol. The second kappa shape index (κ2) is 5.37. The molecule has 2 N–H and O–H groups in total. The van der Waals surface area contributed by atoms with Crippen LogP contribution in [0.3, 0.4) is 0 Å². The van der Waals surface area contributed by atoms with Gasteiger partial charge in [-0.2, -0.15) is 0 Å². The summed E-state index contributed by atoms with van der Waals surface area (Å²) in [6, 6.07) is 4.02. The van der Waals surface area contributed by atoms with Crippen LogP contribution < -0.4 is 15.8 Å². The number of aliphatic imine (C=N–C) groups is 2. The summed E-state index contributed by atoms with van der Waals surface area (Å²) in [6.07, 6.45) is 19.0. The standard InChI is InChI=1S/C20H14N4O/c25-24-19-7-8-20(24)12-18-6-4-16(23-18)10-14-2-1-13(21-14)9-15-3-5-17(11-19)22-15/h1-12,21,24H. The van der Waals surface area contributed by atoms with Gasteiger partial charge in [0.1, 0.15) is 11.4 Å². The van der Waals surface area contributed by atoms with Crippen LogP contribution in [0.25, 0.3) is 12.2 Å². The number of fused-ring (bicyclic) bond motifs is 6. The maximum absolute atomic E-state index is 12.5. The van der Waals surface area contributed by atoms with Gasteiger partial charge in [0, 0.05) is 35.0 Å². The molecule has 0 amide bonds. The van der Waals surface area contributed by atoms with Crippen LogP contribution in [0, 0.1) is 5.21 Å². The smallest absolute Gasteiger partial charge is 0.138 e. The Balaban J connectivity index is 1.68. The quantitative estimate of drug-likeness (QED) is 0.672. The Hall–Kier alpha value is -3.28. The molecule has 0 saturated carbocycles. The fraction of sp³-hybridized carbons (Fsp3) is 0. The SMILES string of the molecule is [O-][NH+]1C2=CC=C1C=C1C=CC(=N1)C=c1ccc([nH]1)=CC1=NC(=C2)C=C1. The monoisotopic (exact) mass is 326 g/mol. The normalized spacial score (nSPS) is 23.2. The van der Waals surface area contributed by atoms with E-state index in [0.29, 0.717) is 11.4 Å². The third kappa shape index (κ3) is 2.61. The van der Waals surface area contributed by atoms with Gasteiger partial charge in [0.25, 0.3) is 0 Å². The topological polar surface area (TPSA) is 68.0 Å². The second-order valence-electron chi connectivity index (χ2n) is 6.11. The van der Waals surface area contributed by atoms with E-state index in [1.165, 1.54) is 0 Å². The second-order valence-corrected chi connectivity index (χ2v) is 6.11. The number of aromatic nitrogens is 1. The molecular formula is C20H14N4O. The van der Waals surface area contributed by atoms with Gasteiger partial charge in [-0.3, -0.25) is 0 Å². The van der Waals surface area contributed by atoms with Crippen LogP contribution >= 0.6 is 0 Å². The van der Waals surface area contributed by atoms with Crippen molar-refractivity contribution in [1.29, 1.82) is 0 Å². The lowest BCUT2D eigenvalue weighted by atomic mass is 10.3. The largest absolute Gasteiger partial charge is 0.623 e. The lowest BCUT2D eigenvalue weighted by Gasteiger charge is -2.19. The number of allylic oxidation sites excluding steroid dienone is 8. The molecule has 1 aromatic rings. The number of hydroxylamine groups is 2. The average molecular weight is 326 g/mol. The number of nitrogens with zero attached hydrogens (tertiary/aromatic N) is 2. The van der Waals surface area contributed by atoms with Crippen LogP contribution in [0.5, 0.6) is 0 Å².